The summed E-state index contributed by atoms with van der Waals surface area (Å²) in [6, 6.07) is 7.92. The van der Waals surface area contributed by atoms with Crippen molar-refractivity contribution < 1.29 is 9.53 Å². The standard InChI is InChI=1S/C19H26N4O2/c1-14(2)13-25-19(24)23-10-6-9-22(11-12-23)18-15(3)20-16-7-4-5-8-17(16)21-18/h4-5,7-8,14H,6,9-13H2,1-3H3. The Morgan fingerprint density at radius 2 is 1.84 bits per heavy atom. The summed E-state index contributed by atoms with van der Waals surface area (Å²) in [6.45, 7) is 9.50. The maximum absolute atomic E-state index is 12.2. The lowest BCUT2D eigenvalue weighted by Crippen LogP contribution is -2.36. The molecule has 134 valence electrons. The van der Waals surface area contributed by atoms with Gasteiger partial charge in [-0.05, 0) is 31.4 Å². The molecule has 0 saturated carbocycles. The monoisotopic (exact) mass is 342 g/mol. The number of anilines is 1. The van der Waals surface area contributed by atoms with Crippen molar-refractivity contribution in [2.45, 2.75) is 27.2 Å². The number of aromatic nitrogens is 2. The van der Waals surface area contributed by atoms with Crippen molar-refractivity contribution in [3.8, 4) is 0 Å². The molecule has 1 fully saturated rings. The molecule has 2 aromatic rings. The quantitative estimate of drug-likeness (QED) is 0.857. The number of hydrogen-bond acceptors (Lipinski definition) is 5. The van der Waals surface area contributed by atoms with E-state index in [0.717, 1.165) is 42.1 Å². The van der Waals surface area contributed by atoms with Crippen molar-refractivity contribution >= 4 is 22.9 Å². The molecular formula is C19H26N4O2. The molecule has 3 rings (SSSR count). The third kappa shape index (κ3) is 4.18. The van der Waals surface area contributed by atoms with Crippen LogP contribution in [0, 0.1) is 12.8 Å². The van der Waals surface area contributed by atoms with Gasteiger partial charge in [0.1, 0.15) is 0 Å². The summed E-state index contributed by atoms with van der Waals surface area (Å²) in [5.41, 5.74) is 2.74. The summed E-state index contributed by atoms with van der Waals surface area (Å²) in [6.07, 6.45) is 0.682. The van der Waals surface area contributed by atoms with E-state index in [2.05, 4.69) is 9.88 Å². The van der Waals surface area contributed by atoms with Crippen LogP contribution < -0.4 is 4.90 Å². The topological polar surface area (TPSA) is 58.6 Å². The van der Waals surface area contributed by atoms with Crippen LogP contribution in [0.2, 0.25) is 0 Å². The fraction of sp³-hybridized carbons (Fsp3) is 0.526. The lowest BCUT2D eigenvalue weighted by molar-refractivity contribution is 0.0943. The first kappa shape index (κ1) is 17.5. The van der Waals surface area contributed by atoms with Crippen LogP contribution in [-0.4, -0.2) is 53.7 Å². The maximum atomic E-state index is 12.2. The fourth-order valence-corrected chi connectivity index (χ4v) is 3.02. The summed E-state index contributed by atoms with van der Waals surface area (Å²) < 4.78 is 5.36. The lowest BCUT2D eigenvalue weighted by atomic mass is 10.2. The van der Waals surface area contributed by atoms with Gasteiger partial charge >= 0.3 is 6.09 Å². The normalized spacial score (nSPS) is 15.5. The second-order valence-corrected chi connectivity index (χ2v) is 6.92. The number of para-hydroxylation sites is 2. The van der Waals surface area contributed by atoms with E-state index in [0.29, 0.717) is 25.6 Å². The third-order valence-corrected chi connectivity index (χ3v) is 4.31. The van der Waals surface area contributed by atoms with E-state index in [9.17, 15) is 4.79 Å². The van der Waals surface area contributed by atoms with Crippen LogP contribution in [0.5, 0.6) is 0 Å². The van der Waals surface area contributed by atoms with Gasteiger partial charge in [0, 0.05) is 26.2 Å². The largest absolute Gasteiger partial charge is 0.449 e. The molecule has 1 aliphatic rings. The molecule has 1 amide bonds. The zero-order valence-electron chi connectivity index (χ0n) is 15.2. The number of ether oxygens (including phenoxy) is 1. The summed E-state index contributed by atoms with van der Waals surface area (Å²) >= 11 is 0. The van der Waals surface area contributed by atoms with E-state index < -0.39 is 0 Å². The molecule has 0 unspecified atom stereocenters. The summed E-state index contributed by atoms with van der Waals surface area (Å²) in [5, 5.41) is 0. The van der Waals surface area contributed by atoms with Crippen LogP contribution >= 0.6 is 0 Å². The molecule has 1 aliphatic heterocycles. The first-order valence-corrected chi connectivity index (χ1v) is 8.94. The SMILES string of the molecule is Cc1nc2ccccc2nc1N1CCCN(C(=O)OCC(C)C)CC1. The number of benzene rings is 1. The van der Waals surface area contributed by atoms with Crippen LogP contribution in [-0.2, 0) is 4.74 Å². The van der Waals surface area contributed by atoms with Crippen LogP contribution in [0.15, 0.2) is 24.3 Å². The number of hydrogen-bond donors (Lipinski definition) is 0. The molecule has 0 N–H and O–H groups in total. The summed E-state index contributed by atoms with van der Waals surface area (Å²) in [4.78, 5) is 25.7. The zero-order chi connectivity index (χ0) is 17.8. The highest BCUT2D eigenvalue weighted by atomic mass is 16.6. The number of carbonyl (C=O) groups is 1. The Kier molecular flexibility index (Phi) is 5.36. The predicted molar refractivity (Wildman–Crippen MR) is 98.9 cm³/mol. The molecular weight excluding hydrogens is 316 g/mol. The highest BCUT2D eigenvalue weighted by molar-refractivity contribution is 5.76. The van der Waals surface area contributed by atoms with E-state index >= 15 is 0 Å². The molecule has 0 atom stereocenters. The van der Waals surface area contributed by atoms with E-state index in [1.807, 2.05) is 45.0 Å². The van der Waals surface area contributed by atoms with Crippen molar-refractivity contribution in [3.05, 3.63) is 30.0 Å². The Morgan fingerprint density at radius 3 is 2.56 bits per heavy atom. The number of nitrogens with zero attached hydrogens (tertiary/aromatic N) is 4. The summed E-state index contributed by atoms with van der Waals surface area (Å²) in [5.74, 6) is 1.26. The molecule has 0 radical (unpaired) electrons. The van der Waals surface area contributed by atoms with Gasteiger partial charge < -0.3 is 14.5 Å². The Bertz CT molecular complexity index is 747. The third-order valence-electron chi connectivity index (χ3n) is 4.31. The second-order valence-electron chi connectivity index (χ2n) is 6.92. The van der Waals surface area contributed by atoms with Gasteiger partial charge in [-0.25, -0.2) is 14.8 Å². The second kappa shape index (κ2) is 7.68. The Balaban J connectivity index is 1.71. The molecule has 2 heterocycles. The molecule has 0 spiro atoms. The molecule has 1 aromatic heterocycles. The minimum Gasteiger partial charge on any atom is -0.449 e. The molecule has 6 nitrogen and oxygen atoms in total. The molecule has 0 bridgehead atoms. The fourth-order valence-electron chi connectivity index (χ4n) is 3.02. The lowest BCUT2D eigenvalue weighted by Gasteiger charge is -2.24. The van der Waals surface area contributed by atoms with Crippen molar-refractivity contribution in [1.29, 1.82) is 0 Å². The van der Waals surface area contributed by atoms with E-state index in [1.54, 1.807) is 4.90 Å². The number of rotatable bonds is 3. The van der Waals surface area contributed by atoms with Crippen LogP contribution in [0.4, 0.5) is 10.6 Å². The molecule has 6 heteroatoms. The Hall–Kier alpha value is -2.37. The van der Waals surface area contributed by atoms with Gasteiger partial charge in [0.15, 0.2) is 5.82 Å². The minimum atomic E-state index is -0.211. The van der Waals surface area contributed by atoms with Crippen LogP contribution in [0.1, 0.15) is 26.0 Å². The zero-order valence-corrected chi connectivity index (χ0v) is 15.2. The van der Waals surface area contributed by atoms with Crippen LogP contribution in [0.3, 0.4) is 0 Å². The average molecular weight is 342 g/mol. The van der Waals surface area contributed by atoms with Gasteiger partial charge in [-0.15, -0.1) is 0 Å². The van der Waals surface area contributed by atoms with Crippen molar-refractivity contribution in [2.24, 2.45) is 5.92 Å². The molecule has 1 aromatic carbocycles. The van der Waals surface area contributed by atoms with E-state index in [4.69, 9.17) is 9.72 Å². The Morgan fingerprint density at radius 1 is 1.12 bits per heavy atom. The van der Waals surface area contributed by atoms with E-state index in [-0.39, 0.29) is 6.09 Å². The highest BCUT2D eigenvalue weighted by Crippen LogP contribution is 2.21. The number of fused-ring (bicyclic) bond motifs is 1. The van der Waals surface area contributed by atoms with Gasteiger partial charge in [0.05, 0.1) is 23.3 Å². The highest BCUT2D eigenvalue weighted by Gasteiger charge is 2.22. The molecule has 0 aliphatic carbocycles. The van der Waals surface area contributed by atoms with Crippen LogP contribution in [0.25, 0.3) is 11.0 Å². The predicted octanol–water partition coefficient (Wildman–Crippen LogP) is 3.24. The van der Waals surface area contributed by atoms with Crippen molar-refractivity contribution in [3.63, 3.8) is 0 Å². The van der Waals surface area contributed by atoms with Gasteiger partial charge in [0.2, 0.25) is 0 Å². The van der Waals surface area contributed by atoms with Gasteiger partial charge in [-0.2, -0.15) is 0 Å². The van der Waals surface area contributed by atoms with Gasteiger partial charge in [-0.1, -0.05) is 26.0 Å². The molecule has 25 heavy (non-hydrogen) atoms. The number of amides is 1. The van der Waals surface area contributed by atoms with E-state index in [1.165, 1.54) is 0 Å². The minimum absolute atomic E-state index is 0.211. The van der Waals surface area contributed by atoms with Crippen molar-refractivity contribution in [2.75, 3.05) is 37.7 Å². The smallest absolute Gasteiger partial charge is 0.409 e. The summed E-state index contributed by atoms with van der Waals surface area (Å²) in [7, 11) is 0. The van der Waals surface area contributed by atoms with Gasteiger partial charge in [-0.3, -0.25) is 0 Å². The first-order valence-electron chi connectivity index (χ1n) is 8.94. The average Bonchev–Trinajstić information content (AvgIpc) is 2.85. The number of carbonyl (C=O) groups excluding carboxylic acids is 1. The molecule has 1 saturated heterocycles. The first-order chi connectivity index (χ1) is 12.0. The van der Waals surface area contributed by atoms with Gasteiger partial charge in [0.25, 0.3) is 0 Å². The number of aryl methyl sites for hydroxylation is 1. The maximum Gasteiger partial charge on any atom is 0.409 e. The Labute approximate surface area is 148 Å². The van der Waals surface area contributed by atoms with Crippen molar-refractivity contribution in [1.82, 2.24) is 14.9 Å².